The summed E-state index contributed by atoms with van der Waals surface area (Å²) in [5.41, 5.74) is 6.31. The minimum atomic E-state index is -0.211. The van der Waals surface area contributed by atoms with Crippen LogP contribution in [0.4, 0.5) is 5.69 Å². The second-order valence-corrected chi connectivity index (χ2v) is 3.84. The summed E-state index contributed by atoms with van der Waals surface area (Å²) < 4.78 is 1.53. The SMILES string of the molecule is CSCCNC(=O)c1nn(C)cc1N. The minimum Gasteiger partial charge on any atom is -0.396 e. The molecule has 1 rings (SSSR count). The predicted octanol–water partition coefficient (Wildman–Crippen LogP) is 0.0951. The number of amides is 1. The van der Waals surface area contributed by atoms with Crippen LogP contribution in [-0.4, -0.2) is 34.2 Å². The normalized spacial score (nSPS) is 10.1. The molecule has 0 aliphatic carbocycles. The first kappa shape index (κ1) is 10.9. The lowest BCUT2D eigenvalue weighted by Crippen LogP contribution is -2.26. The molecule has 0 aromatic carbocycles. The average molecular weight is 214 g/mol. The topological polar surface area (TPSA) is 72.9 Å². The molecule has 1 aromatic rings. The lowest BCUT2D eigenvalue weighted by molar-refractivity contribution is 0.0951. The Kier molecular flexibility index (Phi) is 3.82. The van der Waals surface area contributed by atoms with Gasteiger partial charge in [-0.15, -0.1) is 0 Å². The van der Waals surface area contributed by atoms with Crippen LogP contribution in [0.2, 0.25) is 0 Å². The third-order valence-electron chi connectivity index (χ3n) is 1.66. The van der Waals surface area contributed by atoms with Gasteiger partial charge >= 0.3 is 0 Å². The lowest BCUT2D eigenvalue weighted by atomic mass is 10.3. The van der Waals surface area contributed by atoms with Crippen LogP contribution in [0, 0.1) is 0 Å². The fourth-order valence-electron chi connectivity index (χ4n) is 1.03. The van der Waals surface area contributed by atoms with Gasteiger partial charge in [0.2, 0.25) is 0 Å². The van der Waals surface area contributed by atoms with Crippen LogP contribution in [0.3, 0.4) is 0 Å². The number of carbonyl (C=O) groups is 1. The van der Waals surface area contributed by atoms with Gasteiger partial charge in [-0.1, -0.05) is 0 Å². The number of anilines is 1. The smallest absolute Gasteiger partial charge is 0.273 e. The molecule has 0 spiro atoms. The first-order valence-electron chi connectivity index (χ1n) is 4.21. The molecule has 0 fully saturated rings. The van der Waals surface area contributed by atoms with E-state index in [2.05, 4.69) is 10.4 Å². The zero-order chi connectivity index (χ0) is 10.6. The summed E-state index contributed by atoms with van der Waals surface area (Å²) in [7, 11) is 1.73. The summed E-state index contributed by atoms with van der Waals surface area (Å²) in [5.74, 6) is 0.676. The van der Waals surface area contributed by atoms with Crippen molar-refractivity contribution in [3.63, 3.8) is 0 Å². The van der Waals surface area contributed by atoms with E-state index in [-0.39, 0.29) is 5.91 Å². The summed E-state index contributed by atoms with van der Waals surface area (Å²) in [4.78, 5) is 11.5. The van der Waals surface area contributed by atoms with Crippen LogP contribution in [0.5, 0.6) is 0 Å². The Morgan fingerprint density at radius 2 is 2.50 bits per heavy atom. The van der Waals surface area contributed by atoms with Crippen molar-refractivity contribution in [2.24, 2.45) is 7.05 Å². The highest BCUT2D eigenvalue weighted by Crippen LogP contribution is 2.07. The van der Waals surface area contributed by atoms with Gasteiger partial charge in [-0.2, -0.15) is 16.9 Å². The maximum atomic E-state index is 11.5. The van der Waals surface area contributed by atoms with E-state index in [0.717, 1.165) is 5.75 Å². The molecule has 0 aliphatic heterocycles. The third-order valence-corrected chi connectivity index (χ3v) is 2.28. The number of carbonyl (C=O) groups excluding carboxylic acids is 1. The Bertz CT molecular complexity index is 323. The van der Waals surface area contributed by atoms with E-state index in [9.17, 15) is 4.79 Å². The molecule has 78 valence electrons. The molecular weight excluding hydrogens is 200 g/mol. The van der Waals surface area contributed by atoms with Crippen molar-refractivity contribution < 1.29 is 4.79 Å². The molecule has 3 N–H and O–H groups in total. The maximum Gasteiger partial charge on any atom is 0.273 e. The number of thioether (sulfide) groups is 1. The number of nitrogens with one attached hydrogen (secondary N) is 1. The zero-order valence-corrected chi connectivity index (χ0v) is 9.10. The summed E-state index contributed by atoms with van der Waals surface area (Å²) in [6.45, 7) is 0.635. The Balaban J connectivity index is 2.56. The standard InChI is InChI=1S/C8H14N4OS/c1-12-5-6(9)7(11-12)8(13)10-3-4-14-2/h5H,3-4,9H2,1-2H3,(H,10,13). The number of aromatic nitrogens is 2. The quantitative estimate of drug-likeness (QED) is 0.697. The molecule has 1 amide bonds. The van der Waals surface area contributed by atoms with E-state index < -0.39 is 0 Å². The van der Waals surface area contributed by atoms with Gasteiger partial charge < -0.3 is 11.1 Å². The predicted molar refractivity (Wildman–Crippen MR) is 58.3 cm³/mol. The molecule has 0 unspecified atom stereocenters. The number of nitrogen functional groups attached to an aromatic ring is 1. The number of nitrogens with zero attached hydrogens (tertiary/aromatic N) is 2. The van der Waals surface area contributed by atoms with Gasteiger partial charge in [-0.25, -0.2) is 0 Å². The Hall–Kier alpha value is -1.17. The van der Waals surface area contributed by atoms with Crippen LogP contribution in [0.15, 0.2) is 6.20 Å². The lowest BCUT2D eigenvalue weighted by Gasteiger charge is -2.01. The zero-order valence-electron chi connectivity index (χ0n) is 8.28. The third kappa shape index (κ3) is 2.66. The van der Waals surface area contributed by atoms with E-state index in [1.807, 2.05) is 6.26 Å². The van der Waals surface area contributed by atoms with E-state index in [1.54, 1.807) is 25.0 Å². The van der Waals surface area contributed by atoms with Crippen molar-refractivity contribution in [2.75, 3.05) is 24.3 Å². The van der Waals surface area contributed by atoms with Gasteiger partial charge in [0.1, 0.15) is 0 Å². The molecule has 0 radical (unpaired) electrons. The van der Waals surface area contributed by atoms with Gasteiger partial charge in [0.05, 0.1) is 5.69 Å². The van der Waals surface area contributed by atoms with E-state index in [4.69, 9.17) is 5.73 Å². The minimum absolute atomic E-state index is 0.211. The van der Waals surface area contributed by atoms with Crippen LogP contribution >= 0.6 is 11.8 Å². The van der Waals surface area contributed by atoms with Crippen molar-refractivity contribution >= 4 is 23.4 Å². The second kappa shape index (κ2) is 4.90. The molecule has 0 saturated carbocycles. The number of nitrogens with two attached hydrogens (primary N) is 1. The van der Waals surface area contributed by atoms with Crippen LogP contribution in [0.25, 0.3) is 0 Å². The van der Waals surface area contributed by atoms with Crippen molar-refractivity contribution in [3.05, 3.63) is 11.9 Å². The summed E-state index contributed by atoms with van der Waals surface area (Å²) >= 11 is 1.68. The number of hydrogen-bond acceptors (Lipinski definition) is 4. The summed E-state index contributed by atoms with van der Waals surface area (Å²) in [6.07, 6.45) is 3.60. The highest BCUT2D eigenvalue weighted by Gasteiger charge is 2.12. The molecule has 0 atom stereocenters. The van der Waals surface area contributed by atoms with Gasteiger partial charge in [-0.05, 0) is 6.26 Å². The van der Waals surface area contributed by atoms with Gasteiger partial charge in [0.25, 0.3) is 5.91 Å². The Morgan fingerprint density at radius 1 is 1.79 bits per heavy atom. The number of hydrogen-bond donors (Lipinski definition) is 2. The van der Waals surface area contributed by atoms with E-state index in [0.29, 0.717) is 17.9 Å². The molecule has 5 nitrogen and oxygen atoms in total. The highest BCUT2D eigenvalue weighted by atomic mass is 32.2. The van der Waals surface area contributed by atoms with Gasteiger partial charge in [0.15, 0.2) is 5.69 Å². The average Bonchev–Trinajstić information content (AvgIpc) is 2.45. The maximum absolute atomic E-state index is 11.5. The molecule has 1 heterocycles. The molecule has 14 heavy (non-hydrogen) atoms. The monoisotopic (exact) mass is 214 g/mol. The fourth-order valence-corrected chi connectivity index (χ4v) is 1.34. The molecule has 0 aliphatic rings. The highest BCUT2D eigenvalue weighted by molar-refractivity contribution is 7.98. The number of aryl methyl sites for hydroxylation is 1. The fraction of sp³-hybridized carbons (Fsp3) is 0.500. The Labute approximate surface area is 87.0 Å². The van der Waals surface area contributed by atoms with Crippen LogP contribution in [-0.2, 0) is 7.05 Å². The van der Waals surface area contributed by atoms with Gasteiger partial charge in [0, 0.05) is 25.5 Å². The van der Waals surface area contributed by atoms with Gasteiger partial charge in [-0.3, -0.25) is 9.48 Å². The second-order valence-electron chi connectivity index (χ2n) is 2.86. The van der Waals surface area contributed by atoms with Crippen molar-refractivity contribution in [1.82, 2.24) is 15.1 Å². The summed E-state index contributed by atoms with van der Waals surface area (Å²) in [5, 5.41) is 6.70. The first-order chi connectivity index (χ1) is 6.65. The first-order valence-corrected chi connectivity index (χ1v) is 5.60. The Morgan fingerprint density at radius 3 is 3.00 bits per heavy atom. The van der Waals surface area contributed by atoms with Crippen LogP contribution in [0.1, 0.15) is 10.5 Å². The van der Waals surface area contributed by atoms with Crippen molar-refractivity contribution in [3.8, 4) is 0 Å². The van der Waals surface area contributed by atoms with E-state index >= 15 is 0 Å². The number of rotatable bonds is 4. The molecule has 0 saturated heterocycles. The molecular formula is C8H14N4OS. The van der Waals surface area contributed by atoms with E-state index in [1.165, 1.54) is 4.68 Å². The van der Waals surface area contributed by atoms with Crippen molar-refractivity contribution in [1.29, 1.82) is 0 Å². The molecule has 0 bridgehead atoms. The summed E-state index contributed by atoms with van der Waals surface area (Å²) in [6, 6.07) is 0. The molecule has 6 heteroatoms. The largest absolute Gasteiger partial charge is 0.396 e. The molecule has 1 aromatic heterocycles. The van der Waals surface area contributed by atoms with Crippen LogP contribution < -0.4 is 11.1 Å². The van der Waals surface area contributed by atoms with Crippen molar-refractivity contribution in [2.45, 2.75) is 0 Å².